The number of carbonyl (C=O) groups is 1. The number of amides is 1. The maximum absolute atomic E-state index is 11.1. The first-order valence-electron chi connectivity index (χ1n) is 5.42. The number of carbonyl (C=O) groups excluding carboxylic acids is 1. The molecule has 5 nitrogen and oxygen atoms in total. The number of aromatic nitrogens is 1. The molecule has 1 fully saturated rings. The number of pyridine rings is 1. The lowest BCUT2D eigenvalue weighted by Gasteiger charge is -2.14. The molecule has 17 heavy (non-hydrogen) atoms. The van der Waals surface area contributed by atoms with Crippen LogP contribution in [0.4, 0.5) is 5.69 Å². The largest absolute Gasteiger partial charge is 0.397 e. The van der Waals surface area contributed by atoms with E-state index in [-0.39, 0.29) is 11.8 Å². The van der Waals surface area contributed by atoms with Crippen LogP contribution in [-0.4, -0.2) is 28.9 Å². The van der Waals surface area contributed by atoms with Gasteiger partial charge in [-0.15, -0.1) is 0 Å². The number of anilines is 1. The summed E-state index contributed by atoms with van der Waals surface area (Å²) in [6.45, 7) is 2.78. The van der Waals surface area contributed by atoms with Crippen LogP contribution in [0.2, 0.25) is 0 Å². The highest BCUT2D eigenvalue weighted by molar-refractivity contribution is 8.00. The Morgan fingerprint density at radius 2 is 2.35 bits per heavy atom. The van der Waals surface area contributed by atoms with Crippen LogP contribution in [-0.2, 0) is 4.74 Å². The molecule has 0 aromatic carbocycles. The lowest BCUT2D eigenvalue weighted by Crippen LogP contribution is -2.16. The van der Waals surface area contributed by atoms with Crippen LogP contribution in [0.5, 0.6) is 0 Å². The van der Waals surface area contributed by atoms with Crippen molar-refractivity contribution in [3.63, 3.8) is 0 Å². The summed E-state index contributed by atoms with van der Waals surface area (Å²) >= 11 is 1.55. The summed E-state index contributed by atoms with van der Waals surface area (Å²) in [7, 11) is 0. The molecule has 2 unspecified atom stereocenters. The maximum atomic E-state index is 11.1. The minimum atomic E-state index is -0.539. The molecule has 0 saturated carbocycles. The molecule has 0 aliphatic carbocycles. The van der Waals surface area contributed by atoms with Gasteiger partial charge in [0.05, 0.1) is 11.8 Å². The average molecular weight is 253 g/mol. The standard InChI is InChI=1S/C11H15N3O2S/c1-6-9(4-5-16-6)17-11-7(12)2-3-8(14-11)10(13)15/h2-3,6,9H,4-5,12H2,1H3,(H2,13,15). The predicted molar refractivity (Wildman–Crippen MR) is 66.8 cm³/mol. The van der Waals surface area contributed by atoms with Crippen molar-refractivity contribution in [3.8, 4) is 0 Å². The molecule has 1 aromatic heterocycles. The number of hydrogen-bond donors (Lipinski definition) is 2. The van der Waals surface area contributed by atoms with E-state index in [2.05, 4.69) is 4.98 Å². The highest BCUT2D eigenvalue weighted by Crippen LogP contribution is 2.34. The van der Waals surface area contributed by atoms with Gasteiger partial charge in [-0.05, 0) is 25.5 Å². The molecule has 2 rings (SSSR count). The molecule has 2 atom stereocenters. The van der Waals surface area contributed by atoms with Crippen LogP contribution in [0.25, 0.3) is 0 Å². The van der Waals surface area contributed by atoms with Gasteiger partial charge in [0.15, 0.2) is 0 Å². The van der Waals surface area contributed by atoms with E-state index in [1.165, 1.54) is 6.07 Å². The summed E-state index contributed by atoms with van der Waals surface area (Å²) in [5, 5.41) is 0.983. The summed E-state index contributed by atoms with van der Waals surface area (Å²) in [5.41, 5.74) is 11.8. The Labute approximate surface area is 104 Å². The number of primary amides is 1. The topological polar surface area (TPSA) is 91.2 Å². The molecule has 4 N–H and O–H groups in total. The summed E-state index contributed by atoms with van der Waals surface area (Å²) in [5.74, 6) is -0.539. The third-order valence-corrected chi connectivity index (χ3v) is 4.18. The third kappa shape index (κ3) is 2.70. The molecule has 0 spiro atoms. The zero-order valence-corrected chi connectivity index (χ0v) is 10.4. The monoisotopic (exact) mass is 253 g/mol. The van der Waals surface area contributed by atoms with Crippen molar-refractivity contribution in [2.24, 2.45) is 5.73 Å². The van der Waals surface area contributed by atoms with E-state index in [0.717, 1.165) is 13.0 Å². The number of hydrogen-bond acceptors (Lipinski definition) is 5. The van der Waals surface area contributed by atoms with Crippen LogP contribution in [0.3, 0.4) is 0 Å². The summed E-state index contributed by atoms with van der Waals surface area (Å²) < 4.78 is 5.47. The second-order valence-electron chi connectivity index (χ2n) is 3.98. The Hall–Kier alpha value is -1.27. The zero-order valence-electron chi connectivity index (χ0n) is 9.55. The van der Waals surface area contributed by atoms with Crippen LogP contribution >= 0.6 is 11.8 Å². The van der Waals surface area contributed by atoms with E-state index in [4.69, 9.17) is 16.2 Å². The lowest BCUT2D eigenvalue weighted by molar-refractivity contribution is 0.0995. The number of nitrogens with two attached hydrogens (primary N) is 2. The molecule has 1 aliphatic heterocycles. The fraction of sp³-hybridized carbons (Fsp3) is 0.455. The molecule has 0 radical (unpaired) electrons. The molecule has 0 bridgehead atoms. The first-order valence-corrected chi connectivity index (χ1v) is 6.30. The quantitative estimate of drug-likeness (QED) is 0.839. The Balaban J connectivity index is 2.19. The molecule has 1 aromatic rings. The Morgan fingerprint density at radius 1 is 1.59 bits per heavy atom. The van der Waals surface area contributed by atoms with Gasteiger partial charge in [0.2, 0.25) is 0 Å². The van der Waals surface area contributed by atoms with Crippen molar-refractivity contribution in [1.82, 2.24) is 4.98 Å². The highest BCUT2D eigenvalue weighted by Gasteiger charge is 2.26. The van der Waals surface area contributed by atoms with Gasteiger partial charge < -0.3 is 16.2 Å². The second-order valence-corrected chi connectivity index (χ2v) is 5.20. The van der Waals surface area contributed by atoms with Crippen LogP contribution in [0, 0.1) is 0 Å². The minimum absolute atomic E-state index is 0.179. The molecule has 92 valence electrons. The summed E-state index contributed by atoms with van der Waals surface area (Å²) in [4.78, 5) is 15.2. The van der Waals surface area contributed by atoms with E-state index in [1.807, 2.05) is 6.92 Å². The van der Waals surface area contributed by atoms with Gasteiger partial charge in [-0.1, -0.05) is 11.8 Å². The van der Waals surface area contributed by atoms with Crippen LogP contribution in [0.1, 0.15) is 23.8 Å². The maximum Gasteiger partial charge on any atom is 0.267 e. The van der Waals surface area contributed by atoms with Gasteiger partial charge >= 0.3 is 0 Å². The summed E-state index contributed by atoms with van der Waals surface area (Å²) in [6, 6.07) is 3.20. The van der Waals surface area contributed by atoms with Crippen molar-refractivity contribution in [3.05, 3.63) is 17.8 Å². The summed E-state index contributed by atoms with van der Waals surface area (Å²) in [6.07, 6.45) is 1.15. The van der Waals surface area contributed by atoms with Crippen molar-refractivity contribution in [2.75, 3.05) is 12.3 Å². The Morgan fingerprint density at radius 3 is 2.94 bits per heavy atom. The number of nitrogens with zero attached hydrogens (tertiary/aromatic N) is 1. The second kappa shape index (κ2) is 4.93. The van der Waals surface area contributed by atoms with E-state index in [0.29, 0.717) is 16.0 Å². The van der Waals surface area contributed by atoms with Crippen LogP contribution < -0.4 is 11.5 Å². The van der Waals surface area contributed by atoms with Crippen molar-refractivity contribution >= 4 is 23.4 Å². The van der Waals surface area contributed by atoms with E-state index >= 15 is 0 Å². The smallest absolute Gasteiger partial charge is 0.267 e. The first kappa shape index (κ1) is 12.2. The van der Waals surface area contributed by atoms with Crippen molar-refractivity contribution < 1.29 is 9.53 Å². The van der Waals surface area contributed by atoms with E-state index in [9.17, 15) is 4.79 Å². The first-order chi connectivity index (χ1) is 8.08. The molecular weight excluding hydrogens is 238 g/mol. The molecule has 1 saturated heterocycles. The van der Waals surface area contributed by atoms with Gasteiger partial charge in [-0.3, -0.25) is 4.79 Å². The molecule has 1 amide bonds. The molecule has 6 heteroatoms. The highest BCUT2D eigenvalue weighted by atomic mass is 32.2. The Bertz CT molecular complexity index is 439. The normalized spacial score (nSPS) is 23.8. The number of thioether (sulfide) groups is 1. The molecule has 2 heterocycles. The van der Waals surface area contributed by atoms with Gasteiger partial charge in [-0.2, -0.15) is 0 Å². The molecule has 1 aliphatic rings. The van der Waals surface area contributed by atoms with E-state index in [1.54, 1.807) is 17.8 Å². The number of nitrogen functional groups attached to an aromatic ring is 1. The van der Waals surface area contributed by atoms with Gasteiger partial charge in [0.25, 0.3) is 5.91 Å². The zero-order chi connectivity index (χ0) is 12.4. The SMILES string of the molecule is CC1OCCC1Sc1nc(C(N)=O)ccc1N. The lowest BCUT2D eigenvalue weighted by atomic mass is 10.3. The fourth-order valence-corrected chi connectivity index (χ4v) is 2.82. The fourth-order valence-electron chi connectivity index (χ4n) is 1.69. The number of rotatable bonds is 3. The van der Waals surface area contributed by atoms with Gasteiger partial charge in [0, 0.05) is 11.9 Å². The Kier molecular flexibility index (Phi) is 3.54. The van der Waals surface area contributed by atoms with Crippen molar-refractivity contribution in [2.45, 2.75) is 29.7 Å². The van der Waals surface area contributed by atoms with Crippen molar-refractivity contribution in [1.29, 1.82) is 0 Å². The van der Waals surface area contributed by atoms with Gasteiger partial charge in [-0.25, -0.2) is 4.98 Å². The van der Waals surface area contributed by atoms with E-state index < -0.39 is 5.91 Å². The number of ether oxygens (including phenoxy) is 1. The third-order valence-electron chi connectivity index (χ3n) is 2.71. The minimum Gasteiger partial charge on any atom is -0.397 e. The molecular formula is C11H15N3O2S. The predicted octanol–water partition coefficient (Wildman–Crippen LogP) is 1.03. The van der Waals surface area contributed by atoms with Gasteiger partial charge in [0.1, 0.15) is 10.7 Å². The van der Waals surface area contributed by atoms with Crippen LogP contribution in [0.15, 0.2) is 17.2 Å². The average Bonchev–Trinajstić information content (AvgIpc) is 2.67.